The Morgan fingerprint density at radius 1 is 0.586 bits per heavy atom. The Morgan fingerprint density at radius 3 is 1.76 bits per heavy atom. The molecule has 0 bridgehead atoms. The van der Waals surface area contributed by atoms with Crippen molar-refractivity contribution in [1.29, 1.82) is 0 Å². The van der Waals surface area contributed by atoms with Crippen molar-refractivity contribution in [1.82, 2.24) is 0 Å². The van der Waals surface area contributed by atoms with Crippen LogP contribution in [0.5, 0.6) is 0 Å². The van der Waals surface area contributed by atoms with E-state index in [2.05, 4.69) is 10.2 Å². The fourth-order valence-electron chi connectivity index (χ4n) is 2.59. The van der Waals surface area contributed by atoms with E-state index in [0.717, 1.165) is 11.1 Å². The highest BCUT2D eigenvalue weighted by molar-refractivity contribution is 6.68. The maximum atomic E-state index is 11.8. The van der Waals surface area contributed by atoms with Crippen LogP contribution in [0, 0.1) is 0 Å². The van der Waals surface area contributed by atoms with Gasteiger partial charge in [0.25, 0.3) is 15.7 Å². The molecule has 0 heterocycles. The smallest absolute Gasteiger partial charge is 0.254 e. The second-order valence-electron chi connectivity index (χ2n) is 5.85. The minimum absolute atomic E-state index is 0.154. The molecule has 8 heteroatoms. The topological polar surface area (TPSA) is 75.9 Å². The zero-order valence-corrected chi connectivity index (χ0v) is 16.9. The van der Waals surface area contributed by atoms with Gasteiger partial charge in [-0.2, -0.15) is 0 Å². The number of rotatable bonds is 6. The normalized spacial score (nSPS) is 10.9. The average molecular weight is 446 g/mol. The summed E-state index contributed by atoms with van der Waals surface area (Å²) in [6.07, 6.45) is 0. The molecule has 3 aromatic rings. The summed E-state index contributed by atoms with van der Waals surface area (Å²) in [6.45, 7) is 0. The second-order valence-corrected chi connectivity index (χ2v) is 6.88. The lowest BCUT2D eigenvalue weighted by Crippen LogP contribution is -1.91. The Balaban J connectivity index is 2.03. The van der Waals surface area contributed by atoms with Gasteiger partial charge < -0.3 is 0 Å². The van der Waals surface area contributed by atoms with Gasteiger partial charge in [0.15, 0.2) is 0 Å². The van der Waals surface area contributed by atoms with Crippen LogP contribution < -0.4 is 0 Å². The molecule has 0 fully saturated rings. The maximum absolute atomic E-state index is 11.8. The molecule has 0 amide bonds. The van der Waals surface area contributed by atoms with E-state index in [0.29, 0.717) is 5.56 Å². The van der Waals surface area contributed by atoms with Gasteiger partial charge in [0.2, 0.25) is 0 Å². The molecular formula is C21H11Cl3N2O3. The van der Waals surface area contributed by atoms with Gasteiger partial charge in [0.1, 0.15) is 0 Å². The fraction of sp³-hybridized carbons (Fsp3) is 0. The predicted octanol–water partition coefficient (Wildman–Crippen LogP) is 6.91. The van der Waals surface area contributed by atoms with Crippen molar-refractivity contribution in [2.24, 2.45) is 10.2 Å². The van der Waals surface area contributed by atoms with Crippen LogP contribution in [-0.2, 0) is 0 Å². The maximum Gasteiger partial charge on any atom is 0.254 e. The van der Waals surface area contributed by atoms with Crippen LogP contribution in [0.2, 0.25) is 0 Å². The molecule has 3 rings (SSSR count). The van der Waals surface area contributed by atoms with Crippen LogP contribution in [0.3, 0.4) is 0 Å². The molecule has 3 aromatic carbocycles. The molecule has 0 unspecified atom stereocenters. The van der Waals surface area contributed by atoms with Gasteiger partial charge in [0, 0.05) is 5.56 Å². The van der Waals surface area contributed by atoms with Crippen LogP contribution >= 0.6 is 34.8 Å². The van der Waals surface area contributed by atoms with E-state index in [1.54, 1.807) is 54.6 Å². The highest BCUT2D eigenvalue weighted by Crippen LogP contribution is 2.31. The summed E-state index contributed by atoms with van der Waals surface area (Å²) in [5.41, 5.74) is 2.68. The first-order chi connectivity index (χ1) is 13.9. The van der Waals surface area contributed by atoms with Crippen LogP contribution in [0.25, 0.3) is 11.1 Å². The Hall–Kier alpha value is -2.86. The molecule has 0 aliphatic carbocycles. The lowest BCUT2D eigenvalue weighted by molar-refractivity contribution is 0.107. The number of hydrogen-bond donors (Lipinski definition) is 0. The minimum Gasteiger partial charge on any atom is -0.276 e. The molecule has 0 N–H and O–H groups in total. The number of nitrogens with zero attached hydrogens (tertiary/aromatic N) is 2. The summed E-state index contributed by atoms with van der Waals surface area (Å²) in [5.74, 6) is 0. The van der Waals surface area contributed by atoms with E-state index in [-0.39, 0.29) is 22.5 Å². The van der Waals surface area contributed by atoms with Gasteiger partial charge in [-0.05, 0) is 82.3 Å². The molecule has 0 aromatic heterocycles. The predicted molar refractivity (Wildman–Crippen MR) is 113 cm³/mol. The lowest BCUT2D eigenvalue weighted by Gasteiger charge is -2.06. The van der Waals surface area contributed by atoms with Crippen molar-refractivity contribution in [3.8, 4) is 11.1 Å². The van der Waals surface area contributed by atoms with Gasteiger partial charge in [0.05, 0.1) is 22.5 Å². The average Bonchev–Trinajstić information content (AvgIpc) is 2.72. The zero-order chi connectivity index (χ0) is 21.0. The minimum atomic E-state index is -0.699. The van der Waals surface area contributed by atoms with Gasteiger partial charge >= 0.3 is 0 Å². The third-order valence-electron chi connectivity index (χ3n) is 4.04. The van der Waals surface area contributed by atoms with E-state index in [4.69, 9.17) is 34.8 Å². The number of benzene rings is 3. The van der Waals surface area contributed by atoms with Crippen molar-refractivity contribution in [3.05, 3.63) is 83.4 Å². The molecule has 0 atom stereocenters. The van der Waals surface area contributed by atoms with Crippen molar-refractivity contribution >= 4 is 61.9 Å². The summed E-state index contributed by atoms with van der Waals surface area (Å²) in [5, 5.41) is 6.24. The number of halogens is 3. The Morgan fingerprint density at radius 2 is 1.14 bits per heavy atom. The first kappa shape index (κ1) is 20.9. The van der Waals surface area contributed by atoms with Gasteiger partial charge in [-0.1, -0.05) is 30.3 Å². The van der Waals surface area contributed by atoms with Crippen molar-refractivity contribution in [2.75, 3.05) is 0 Å². The van der Waals surface area contributed by atoms with Crippen LogP contribution in [0.4, 0.5) is 11.4 Å². The number of carbonyl (C=O) groups is 3. The SMILES string of the molecule is O=C(Cl)c1ccc(-c2ccc(C(=O)Cl)c(N=Nc3ccccc3C(=O)Cl)c2)cc1. The molecule has 0 aliphatic heterocycles. The van der Waals surface area contributed by atoms with Crippen LogP contribution in [-0.4, -0.2) is 15.7 Å². The molecule has 5 nitrogen and oxygen atoms in total. The number of azo groups is 1. The lowest BCUT2D eigenvalue weighted by atomic mass is 10.0. The van der Waals surface area contributed by atoms with E-state index < -0.39 is 15.7 Å². The van der Waals surface area contributed by atoms with E-state index in [9.17, 15) is 14.4 Å². The Kier molecular flexibility index (Phi) is 6.54. The van der Waals surface area contributed by atoms with Crippen molar-refractivity contribution < 1.29 is 14.4 Å². The molecule has 0 aliphatic rings. The summed E-state index contributed by atoms with van der Waals surface area (Å²) < 4.78 is 0. The Bertz CT molecular complexity index is 1140. The number of carbonyl (C=O) groups excluding carboxylic acids is 3. The van der Waals surface area contributed by atoms with Crippen LogP contribution in [0.1, 0.15) is 31.1 Å². The fourth-order valence-corrected chi connectivity index (χ4v) is 3.03. The monoisotopic (exact) mass is 444 g/mol. The van der Waals surface area contributed by atoms with Gasteiger partial charge in [-0.15, -0.1) is 10.2 Å². The van der Waals surface area contributed by atoms with Crippen molar-refractivity contribution in [2.45, 2.75) is 0 Å². The highest BCUT2D eigenvalue weighted by atomic mass is 35.5. The molecular weight excluding hydrogens is 435 g/mol. The third-order valence-corrected chi connectivity index (χ3v) is 4.66. The zero-order valence-electron chi connectivity index (χ0n) is 14.6. The molecule has 29 heavy (non-hydrogen) atoms. The first-order valence-electron chi connectivity index (χ1n) is 8.21. The molecule has 0 radical (unpaired) electrons. The molecule has 144 valence electrons. The second kappa shape index (κ2) is 9.09. The largest absolute Gasteiger partial charge is 0.276 e. The summed E-state index contributed by atoms with van der Waals surface area (Å²) >= 11 is 16.7. The summed E-state index contributed by atoms with van der Waals surface area (Å²) in [7, 11) is 0. The molecule has 0 saturated heterocycles. The quantitative estimate of drug-likeness (QED) is 0.306. The summed E-state index contributed by atoms with van der Waals surface area (Å²) in [4.78, 5) is 34.5. The molecule has 0 saturated carbocycles. The highest BCUT2D eigenvalue weighted by Gasteiger charge is 2.12. The van der Waals surface area contributed by atoms with E-state index in [1.165, 1.54) is 12.1 Å². The third kappa shape index (κ3) is 4.95. The standard InChI is InChI=1S/C21H11Cl3N2O3/c22-19(27)13-7-5-12(6-8-13)14-9-10-16(21(24)29)18(11-14)26-25-17-4-2-1-3-15(17)20(23)28/h1-11H. The van der Waals surface area contributed by atoms with Crippen molar-refractivity contribution in [3.63, 3.8) is 0 Å². The van der Waals surface area contributed by atoms with E-state index >= 15 is 0 Å². The first-order valence-corrected chi connectivity index (χ1v) is 9.35. The van der Waals surface area contributed by atoms with Crippen LogP contribution in [0.15, 0.2) is 77.0 Å². The Labute approximate surface area is 180 Å². The number of hydrogen-bond acceptors (Lipinski definition) is 5. The van der Waals surface area contributed by atoms with Gasteiger partial charge in [-0.25, -0.2) is 0 Å². The summed E-state index contributed by atoms with van der Waals surface area (Å²) in [6, 6.07) is 17.9. The molecule has 0 spiro atoms. The van der Waals surface area contributed by atoms with E-state index in [1.807, 2.05) is 0 Å². The van der Waals surface area contributed by atoms with Gasteiger partial charge in [-0.3, -0.25) is 14.4 Å².